The van der Waals surface area contributed by atoms with Crippen molar-refractivity contribution in [2.75, 3.05) is 0 Å². The summed E-state index contributed by atoms with van der Waals surface area (Å²) in [5.41, 5.74) is 0.162. The number of amides is 1. The Morgan fingerprint density at radius 1 is 1.47 bits per heavy atom. The molecule has 1 aromatic rings. The predicted octanol–water partition coefficient (Wildman–Crippen LogP) is 2.09. The summed E-state index contributed by atoms with van der Waals surface area (Å²) in [6.07, 6.45) is 4.33. The van der Waals surface area contributed by atoms with Gasteiger partial charge in [0.25, 0.3) is 5.91 Å². The molecule has 1 saturated carbocycles. The largest absolute Gasteiger partial charge is 0.478 e. The highest BCUT2D eigenvalue weighted by Crippen LogP contribution is 2.36. The van der Waals surface area contributed by atoms with Crippen LogP contribution in [0.5, 0.6) is 0 Å². The lowest BCUT2D eigenvalue weighted by Gasteiger charge is -2.18. The monoisotopic (exact) mass is 262 g/mol. The van der Waals surface area contributed by atoms with Gasteiger partial charge in [-0.05, 0) is 36.8 Å². The van der Waals surface area contributed by atoms with Crippen molar-refractivity contribution in [2.24, 2.45) is 5.41 Å². The number of pyridine rings is 1. The highest BCUT2D eigenvalue weighted by atomic mass is 16.4. The van der Waals surface area contributed by atoms with Gasteiger partial charge in [-0.25, -0.2) is 4.79 Å². The fourth-order valence-corrected chi connectivity index (χ4v) is 2.57. The molecule has 0 aliphatic heterocycles. The third-order valence-corrected chi connectivity index (χ3v) is 3.56. The molecule has 2 N–H and O–H groups in total. The lowest BCUT2D eigenvalue weighted by molar-refractivity contribution is 0.0689. The number of hydrogen-bond donors (Lipinski definition) is 2. The second-order valence-electron chi connectivity index (χ2n) is 5.78. The predicted molar refractivity (Wildman–Crippen MR) is 70.1 cm³/mol. The van der Waals surface area contributed by atoms with Crippen molar-refractivity contribution in [1.82, 2.24) is 10.3 Å². The van der Waals surface area contributed by atoms with E-state index in [0.29, 0.717) is 0 Å². The number of hydrogen-bond acceptors (Lipinski definition) is 3. The Bertz CT molecular complexity index is 511. The topological polar surface area (TPSA) is 79.3 Å². The number of carbonyl (C=O) groups is 2. The molecule has 1 fully saturated rings. The molecule has 0 bridgehead atoms. The Hall–Kier alpha value is -1.91. The minimum absolute atomic E-state index is 0.0142. The number of carboxylic acid groups (broad SMARTS) is 1. The lowest BCUT2D eigenvalue weighted by Crippen LogP contribution is -2.35. The smallest absolute Gasteiger partial charge is 0.338 e. The van der Waals surface area contributed by atoms with E-state index >= 15 is 0 Å². The third-order valence-electron chi connectivity index (χ3n) is 3.56. The Morgan fingerprint density at radius 3 is 2.79 bits per heavy atom. The Labute approximate surface area is 112 Å². The zero-order chi connectivity index (χ0) is 14.0. The summed E-state index contributed by atoms with van der Waals surface area (Å²) < 4.78 is 0. The van der Waals surface area contributed by atoms with Crippen LogP contribution in [0.4, 0.5) is 0 Å². The molecule has 1 aromatic heterocycles. The van der Waals surface area contributed by atoms with Crippen molar-refractivity contribution in [1.29, 1.82) is 0 Å². The summed E-state index contributed by atoms with van der Waals surface area (Å²) in [6, 6.07) is 3.01. The third kappa shape index (κ3) is 3.10. The molecule has 5 heteroatoms. The molecule has 0 spiro atoms. The maximum atomic E-state index is 12.1. The van der Waals surface area contributed by atoms with Gasteiger partial charge in [-0.1, -0.05) is 13.8 Å². The van der Waals surface area contributed by atoms with E-state index in [1.54, 1.807) is 0 Å². The number of nitrogens with one attached hydrogen (secondary N) is 1. The molecule has 1 atom stereocenters. The van der Waals surface area contributed by atoms with Crippen molar-refractivity contribution in [2.45, 2.75) is 39.2 Å². The normalized spacial score (nSPS) is 21.1. The van der Waals surface area contributed by atoms with Crippen molar-refractivity contribution in [3.63, 3.8) is 0 Å². The first-order chi connectivity index (χ1) is 8.89. The van der Waals surface area contributed by atoms with Crippen LogP contribution in [0, 0.1) is 5.41 Å². The quantitative estimate of drug-likeness (QED) is 0.874. The molecule has 1 unspecified atom stereocenters. The van der Waals surface area contributed by atoms with Crippen molar-refractivity contribution >= 4 is 11.9 Å². The second-order valence-corrected chi connectivity index (χ2v) is 5.78. The van der Waals surface area contributed by atoms with E-state index in [4.69, 9.17) is 5.11 Å². The van der Waals surface area contributed by atoms with Crippen LogP contribution in [0.25, 0.3) is 0 Å². The van der Waals surface area contributed by atoms with Crippen LogP contribution in [0.3, 0.4) is 0 Å². The summed E-state index contributed by atoms with van der Waals surface area (Å²) in [4.78, 5) is 27.0. The molecular formula is C14H18N2O3. The number of carboxylic acids is 1. The molecule has 5 nitrogen and oxygen atoms in total. The Morgan fingerprint density at radius 2 is 2.21 bits per heavy atom. The fraction of sp³-hybridized carbons (Fsp3) is 0.500. The molecule has 0 aromatic carbocycles. The molecule has 1 amide bonds. The van der Waals surface area contributed by atoms with E-state index in [1.165, 1.54) is 18.3 Å². The van der Waals surface area contributed by atoms with E-state index in [9.17, 15) is 9.59 Å². The molecule has 0 radical (unpaired) electrons. The number of nitrogens with zero attached hydrogens (tertiary/aromatic N) is 1. The summed E-state index contributed by atoms with van der Waals surface area (Å²) in [5, 5.41) is 11.9. The SMILES string of the molecule is CC1(C)CCC(NC(=O)c2ncccc2C(=O)O)C1. The molecule has 2 rings (SSSR count). The molecule has 19 heavy (non-hydrogen) atoms. The first kappa shape index (κ1) is 13.5. The van der Waals surface area contributed by atoms with Gasteiger partial charge in [0, 0.05) is 12.2 Å². The number of aromatic nitrogens is 1. The molecule has 1 aliphatic carbocycles. The zero-order valence-corrected chi connectivity index (χ0v) is 11.1. The van der Waals surface area contributed by atoms with Crippen LogP contribution in [0.15, 0.2) is 18.3 Å². The van der Waals surface area contributed by atoms with Gasteiger partial charge in [-0.3, -0.25) is 9.78 Å². The number of aromatic carboxylic acids is 1. The van der Waals surface area contributed by atoms with Gasteiger partial charge in [0.15, 0.2) is 0 Å². The summed E-state index contributed by atoms with van der Waals surface area (Å²) in [7, 11) is 0. The average Bonchev–Trinajstić information content (AvgIpc) is 2.68. The standard InChI is InChI=1S/C14H18N2O3/c1-14(2)6-5-9(8-14)16-12(17)11-10(13(18)19)4-3-7-15-11/h3-4,7,9H,5-6,8H2,1-2H3,(H,16,17)(H,18,19). The highest BCUT2D eigenvalue weighted by molar-refractivity contribution is 6.03. The van der Waals surface area contributed by atoms with E-state index in [0.717, 1.165) is 19.3 Å². The van der Waals surface area contributed by atoms with Gasteiger partial charge in [0.05, 0.1) is 5.56 Å². The van der Waals surface area contributed by atoms with Gasteiger partial charge >= 0.3 is 5.97 Å². The van der Waals surface area contributed by atoms with Crippen LogP contribution in [-0.2, 0) is 0 Å². The molecular weight excluding hydrogens is 244 g/mol. The van der Waals surface area contributed by atoms with E-state index in [2.05, 4.69) is 24.1 Å². The van der Waals surface area contributed by atoms with Crippen molar-refractivity contribution in [3.05, 3.63) is 29.6 Å². The van der Waals surface area contributed by atoms with Crippen LogP contribution < -0.4 is 5.32 Å². The Balaban J connectivity index is 2.11. The van der Waals surface area contributed by atoms with Crippen LogP contribution in [-0.4, -0.2) is 28.0 Å². The van der Waals surface area contributed by atoms with Gasteiger partial charge in [-0.15, -0.1) is 0 Å². The summed E-state index contributed by atoms with van der Waals surface area (Å²) >= 11 is 0. The van der Waals surface area contributed by atoms with Gasteiger partial charge in [-0.2, -0.15) is 0 Å². The second kappa shape index (κ2) is 4.99. The molecule has 102 valence electrons. The van der Waals surface area contributed by atoms with E-state index in [1.807, 2.05) is 0 Å². The zero-order valence-electron chi connectivity index (χ0n) is 11.1. The lowest BCUT2D eigenvalue weighted by atomic mass is 9.92. The first-order valence-corrected chi connectivity index (χ1v) is 6.38. The summed E-state index contributed by atoms with van der Waals surface area (Å²) in [6.45, 7) is 4.34. The minimum atomic E-state index is -1.13. The maximum Gasteiger partial charge on any atom is 0.338 e. The molecule has 1 heterocycles. The number of carbonyl (C=O) groups excluding carboxylic acids is 1. The maximum absolute atomic E-state index is 12.1. The van der Waals surface area contributed by atoms with Gasteiger partial charge in [0.2, 0.25) is 0 Å². The summed E-state index contributed by atoms with van der Waals surface area (Å²) in [5.74, 6) is -1.54. The van der Waals surface area contributed by atoms with E-state index < -0.39 is 11.9 Å². The van der Waals surface area contributed by atoms with E-state index in [-0.39, 0.29) is 22.7 Å². The van der Waals surface area contributed by atoms with Crippen molar-refractivity contribution < 1.29 is 14.7 Å². The van der Waals surface area contributed by atoms with Crippen LogP contribution in [0.1, 0.15) is 54.0 Å². The minimum Gasteiger partial charge on any atom is -0.478 e. The van der Waals surface area contributed by atoms with Gasteiger partial charge < -0.3 is 10.4 Å². The van der Waals surface area contributed by atoms with Gasteiger partial charge in [0.1, 0.15) is 5.69 Å². The Kier molecular flexibility index (Phi) is 3.55. The number of rotatable bonds is 3. The molecule has 0 saturated heterocycles. The fourth-order valence-electron chi connectivity index (χ4n) is 2.57. The highest BCUT2D eigenvalue weighted by Gasteiger charge is 2.32. The van der Waals surface area contributed by atoms with Crippen LogP contribution in [0.2, 0.25) is 0 Å². The van der Waals surface area contributed by atoms with Crippen LogP contribution >= 0.6 is 0 Å². The average molecular weight is 262 g/mol. The molecule has 1 aliphatic rings. The first-order valence-electron chi connectivity index (χ1n) is 6.38. The van der Waals surface area contributed by atoms with Crippen molar-refractivity contribution in [3.8, 4) is 0 Å².